The molecule has 0 aliphatic rings. The molecule has 3 rings (SSSR count). The van der Waals surface area contributed by atoms with Crippen LogP contribution < -0.4 is 15.0 Å². The molecule has 0 heterocycles. The van der Waals surface area contributed by atoms with Gasteiger partial charge in [0.25, 0.3) is 5.91 Å². The minimum absolute atomic E-state index is 0.00168. The number of para-hydroxylation sites is 1. The van der Waals surface area contributed by atoms with Gasteiger partial charge in [-0.3, -0.25) is 4.79 Å². The molecule has 0 aliphatic carbocycles. The predicted molar refractivity (Wildman–Crippen MR) is 123 cm³/mol. The molecule has 1 unspecified atom stereocenters. The maximum atomic E-state index is 12.9. The molecule has 2 atom stereocenters. The topological polar surface area (TPSA) is 42.8 Å². The molecular formula is C26H29N2O2+. The van der Waals surface area contributed by atoms with Crippen LogP contribution in [0.4, 0.5) is 5.69 Å². The van der Waals surface area contributed by atoms with Gasteiger partial charge in [-0.2, -0.15) is 0 Å². The number of carbonyl (C=O) groups is 1. The Morgan fingerprint density at radius 1 is 1.03 bits per heavy atom. The molecule has 154 valence electrons. The fraction of sp³-hybridized carbons (Fsp3) is 0.192. The molecular weight excluding hydrogens is 372 g/mol. The first-order chi connectivity index (χ1) is 14.6. The van der Waals surface area contributed by atoms with E-state index in [9.17, 15) is 4.79 Å². The number of anilines is 1. The SMILES string of the molecule is C=CCOc1ccc(C[NH+](C)[C@@H](C)C(=O)Nc2ccccc2-c2ccccc2)cc1. The quantitative estimate of drug-likeness (QED) is 0.533. The lowest BCUT2D eigenvalue weighted by Crippen LogP contribution is -3.12. The third-order valence-corrected chi connectivity index (χ3v) is 5.18. The third kappa shape index (κ3) is 5.58. The third-order valence-electron chi connectivity index (χ3n) is 5.18. The second-order valence-electron chi connectivity index (χ2n) is 7.39. The van der Waals surface area contributed by atoms with Crippen LogP contribution >= 0.6 is 0 Å². The van der Waals surface area contributed by atoms with Crippen molar-refractivity contribution in [3.8, 4) is 16.9 Å². The zero-order valence-corrected chi connectivity index (χ0v) is 17.6. The maximum absolute atomic E-state index is 12.9. The van der Waals surface area contributed by atoms with E-state index in [0.717, 1.165) is 39.6 Å². The number of benzene rings is 3. The van der Waals surface area contributed by atoms with Crippen LogP contribution in [-0.2, 0) is 11.3 Å². The van der Waals surface area contributed by atoms with Gasteiger partial charge in [0, 0.05) is 16.8 Å². The molecule has 0 bridgehead atoms. The summed E-state index contributed by atoms with van der Waals surface area (Å²) in [6, 6.07) is 25.8. The Labute approximate surface area is 178 Å². The normalized spacial score (nSPS) is 12.6. The van der Waals surface area contributed by atoms with Crippen molar-refractivity contribution in [1.29, 1.82) is 0 Å². The number of hydrogen-bond acceptors (Lipinski definition) is 2. The van der Waals surface area contributed by atoms with E-state index in [2.05, 4.69) is 11.9 Å². The predicted octanol–water partition coefficient (Wildman–Crippen LogP) is 3.96. The molecule has 0 radical (unpaired) electrons. The average molecular weight is 402 g/mol. The van der Waals surface area contributed by atoms with Gasteiger partial charge in [-0.05, 0) is 42.8 Å². The first kappa shape index (κ1) is 21.3. The van der Waals surface area contributed by atoms with Gasteiger partial charge in [0.1, 0.15) is 18.9 Å². The molecule has 3 aromatic rings. The summed E-state index contributed by atoms with van der Waals surface area (Å²) >= 11 is 0. The number of carbonyl (C=O) groups excluding carboxylic acids is 1. The molecule has 0 aliphatic heterocycles. The number of rotatable bonds is 9. The van der Waals surface area contributed by atoms with Crippen LogP contribution in [0.1, 0.15) is 12.5 Å². The average Bonchev–Trinajstić information content (AvgIpc) is 2.79. The second kappa shape index (κ2) is 10.4. The van der Waals surface area contributed by atoms with E-state index >= 15 is 0 Å². The molecule has 1 amide bonds. The van der Waals surface area contributed by atoms with Gasteiger partial charge < -0.3 is 15.0 Å². The van der Waals surface area contributed by atoms with Crippen LogP contribution in [0.15, 0.2) is 91.5 Å². The first-order valence-corrected chi connectivity index (χ1v) is 10.2. The molecule has 0 saturated carbocycles. The summed E-state index contributed by atoms with van der Waals surface area (Å²) in [6.45, 7) is 6.85. The van der Waals surface area contributed by atoms with Gasteiger partial charge in [-0.1, -0.05) is 61.2 Å². The molecule has 0 aromatic heterocycles. The summed E-state index contributed by atoms with van der Waals surface area (Å²) in [5, 5.41) is 3.12. The first-order valence-electron chi connectivity index (χ1n) is 10.2. The van der Waals surface area contributed by atoms with Crippen molar-refractivity contribution >= 4 is 11.6 Å². The molecule has 4 heteroatoms. The Morgan fingerprint density at radius 2 is 1.70 bits per heavy atom. The second-order valence-corrected chi connectivity index (χ2v) is 7.39. The van der Waals surface area contributed by atoms with Gasteiger partial charge >= 0.3 is 0 Å². The molecule has 0 spiro atoms. The Hall–Kier alpha value is -3.37. The molecule has 2 N–H and O–H groups in total. The lowest BCUT2D eigenvalue weighted by atomic mass is 10.0. The van der Waals surface area contributed by atoms with Crippen molar-refractivity contribution in [2.75, 3.05) is 19.0 Å². The van der Waals surface area contributed by atoms with Gasteiger partial charge in [0.2, 0.25) is 0 Å². The number of amides is 1. The maximum Gasteiger partial charge on any atom is 0.282 e. The van der Waals surface area contributed by atoms with Crippen molar-refractivity contribution in [1.82, 2.24) is 0 Å². The highest BCUT2D eigenvalue weighted by Crippen LogP contribution is 2.27. The summed E-state index contributed by atoms with van der Waals surface area (Å²) in [5.41, 5.74) is 4.09. The van der Waals surface area contributed by atoms with Crippen molar-refractivity contribution in [2.45, 2.75) is 19.5 Å². The van der Waals surface area contributed by atoms with E-state index in [1.165, 1.54) is 0 Å². The minimum Gasteiger partial charge on any atom is -0.490 e. The zero-order valence-electron chi connectivity index (χ0n) is 17.6. The lowest BCUT2D eigenvalue weighted by Gasteiger charge is -2.22. The standard InChI is InChI=1S/C26H28N2O2/c1-4-18-30-23-16-14-21(15-17-23)19-28(3)20(2)26(29)27-25-13-9-8-12-24(25)22-10-6-5-7-11-22/h4-17,20H,1,18-19H2,2-3H3,(H,27,29)/p+1/t20-/m0/s1. The molecule has 0 fully saturated rings. The van der Waals surface area contributed by atoms with Crippen LogP contribution in [0.3, 0.4) is 0 Å². The fourth-order valence-corrected chi connectivity index (χ4v) is 3.26. The number of nitrogens with one attached hydrogen (secondary N) is 2. The summed E-state index contributed by atoms with van der Waals surface area (Å²) in [7, 11) is 2.04. The van der Waals surface area contributed by atoms with Crippen LogP contribution in [0.2, 0.25) is 0 Å². The molecule has 30 heavy (non-hydrogen) atoms. The van der Waals surface area contributed by atoms with E-state index < -0.39 is 0 Å². The van der Waals surface area contributed by atoms with Crippen LogP contribution in [0.5, 0.6) is 5.75 Å². The molecule has 4 nitrogen and oxygen atoms in total. The zero-order chi connectivity index (χ0) is 21.3. The van der Waals surface area contributed by atoms with Crippen LogP contribution in [0.25, 0.3) is 11.1 Å². The molecule has 3 aromatic carbocycles. The number of hydrogen-bond donors (Lipinski definition) is 2. The van der Waals surface area contributed by atoms with E-state index in [-0.39, 0.29) is 11.9 Å². The summed E-state index contributed by atoms with van der Waals surface area (Å²) in [6.07, 6.45) is 1.72. The smallest absolute Gasteiger partial charge is 0.282 e. The van der Waals surface area contributed by atoms with Gasteiger partial charge in [-0.15, -0.1) is 0 Å². The Kier molecular flexibility index (Phi) is 7.41. The van der Waals surface area contributed by atoms with E-state index in [1.807, 2.05) is 92.8 Å². The highest BCUT2D eigenvalue weighted by molar-refractivity contribution is 5.97. The number of quaternary nitrogens is 1. The van der Waals surface area contributed by atoms with Gasteiger partial charge in [0.05, 0.1) is 7.05 Å². The van der Waals surface area contributed by atoms with Crippen molar-refractivity contribution in [3.63, 3.8) is 0 Å². The highest BCUT2D eigenvalue weighted by Gasteiger charge is 2.23. The summed E-state index contributed by atoms with van der Waals surface area (Å²) < 4.78 is 5.53. The van der Waals surface area contributed by atoms with Crippen LogP contribution in [-0.4, -0.2) is 25.6 Å². The van der Waals surface area contributed by atoms with E-state index in [1.54, 1.807) is 6.08 Å². The highest BCUT2D eigenvalue weighted by atomic mass is 16.5. The van der Waals surface area contributed by atoms with E-state index in [0.29, 0.717) is 6.61 Å². The number of likely N-dealkylation sites (N-methyl/N-ethyl adjacent to an activating group) is 1. The largest absolute Gasteiger partial charge is 0.490 e. The van der Waals surface area contributed by atoms with Gasteiger partial charge in [0.15, 0.2) is 6.04 Å². The fourth-order valence-electron chi connectivity index (χ4n) is 3.26. The monoisotopic (exact) mass is 401 g/mol. The molecule has 0 saturated heterocycles. The Balaban J connectivity index is 1.64. The Morgan fingerprint density at radius 3 is 2.40 bits per heavy atom. The Bertz CT molecular complexity index is 968. The summed E-state index contributed by atoms with van der Waals surface area (Å²) in [4.78, 5) is 14.1. The summed E-state index contributed by atoms with van der Waals surface area (Å²) in [5.74, 6) is 0.821. The minimum atomic E-state index is -0.203. The van der Waals surface area contributed by atoms with Crippen LogP contribution in [0, 0.1) is 0 Å². The number of ether oxygens (including phenoxy) is 1. The van der Waals surface area contributed by atoms with Gasteiger partial charge in [-0.25, -0.2) is 0 Å². The van der Waals surface area contributed by atoms with Crippen molar-refractivity contribution in [2.24, 2.45) is 0 Å². The van der Waals surface area contributed by atoms with Crippen molar-refractivity contribution < 1.29 is 14.4 Å². The van der Waals surface area contributed by atoms with E-state index in [4.69, 9.17) is 4.74 Å². The lowest BCUT2D eigenvalue weighted by molar-refractivity contribution is -0.907. The van der Waals surface area contributed by atoms with Crippen molar-refractivity contribution in [3.05, 3.63) is 97.1 Å².